The predicted octanol–water partition coefficient (Wildman–Crippen LogP) is 4.31. The van der Waals surface area contributed by atoms with Crippen LogP contribution in [0.2, 0.25) is 0 Å². The second kappa shape index (κ2) is 6.71. The Hall–Kier alpha value is -2.88. The first-order valence-electron chi connectivity index (χ1n) is 7.99. The molecule has 122 valence electrons. The van der Waals surface area contributed by atoms with Gasteiger partial charge in [0.05, 0.1) is 17.1 Å². The molecule has 1 aromatic heterocycles. The van der Waals surface area contributed by atoms with Gasteiger partial charge in [0.25, 0.3) is 0 Å². The largest absolute Gasteiger partial charge is 0.378 e. The van der Waals surface area contributed by atoms with Gasteiger partial charge in [0.2, 0.25) is 0 Å². The van der Waals surface area contributed by atoms with Crippen LogP contribution in [0.1, 0.15) is 17.0 Å². The van der Waals surface area contributed by atoms with Crippen molar-refractivity contribution in [1.29, 1.82) is 0 Å². The Morgan fingerprint density at radius 3 is 2.25 bits per heavy atom. The van der Waals surface area contributed by atoms with Crippen molar-refractivity contribution in [2.75, 3.05) is 19.0 Å². The number of nitrogens with zero attached hydrogens (tertiary/aromatic N) is 4. The Kier molecular flexibility index (Phi) is 4.47. The van der Waals surface area contributed by atoms with E-state index in [1.165, 1.54) is 5.69 Å². The maximum Gasteiger partial charge on any atom is 0.107 e. The molecular formula is C20H22N4. The summed E-state index contributed by atoms with van der Waals surface area (Å²) in [5.74, 6) is 0. The Bertz CT molecular complexity index is 843. The van der Waals surface area contributed by atoms with E-state index >= 15 is 0 Å². The minimum Gasteiger partial charge on any atom is -0.378 e. The van der Waals surface area contributed by atoms with Crippen LogP contribution >= 0.6 is 0 Å². The molecule has 3 rings (SSSR count). The third-order valence-corrected chi connectivity index (χ3v) is 4.01. The van der Waals surface area contributed by atoms with Crippen molar-refractivity contribution in [2.24, 2.45) is 4.99 Å². The van der Waals surface area contributed by atoms with Gasteiger partial charge in [-0.3, -0.25) is 4.99 Å². The van der Waals surface area contributed by atoms with Crippen LogP contribution in [-0.2, 0) is 0 Å². The molecule has 0 saturated heterocycles. The normalized spacial score (nSPS) is 11.2. The molecule has 0 amide bonds. The van der Waals surface area contributed by atoms with Crippen LogP contribution in [0.15, 0.2) is 59.6 Å². The van der Waals surface area contributed by atoms with Crippen LogP contribution in [0.25, 0.3) is 5.69 Å². The minimum atomic E-state index is 0.926. The first-order chi connectivity index (χ1) is 11.6. The summed E-state index contributed by atoms with van der Waals surface area (Å²) < 4.78 is 1.94. The highest BCUT2D eigenvalue weighted by atomic mass is 15.3. The van der Waals surface area contributed by atoms with E-state index in [4.69, 9.17) is 0 Å². The molecular weight excluding hydrogens is 296 g/mol. The number of aromatic nitrogens is 2. The number of hydrogen-bond donors (Lipinski definition) is 0. The molecule has 24 heavy (non-hydrogen) atoms. The standard InChI is InChI=1S/C20H22N4/c1-15-20(16(2)24(22-15)19-8-6-5-7-9-19)21-14-17-10-12-18(13-11-17)23(3)4/h5-14H,1-4H3. The maximum atomic E-state index is 4.67. The predicted molar refractivity (Wildman–Crippen MR) is 101 cm³/mol. The van der Waals surface area contributed by atoms with Gasteiger partial charge in [0.15, 0.2) is 0 Å². The Balaban J connectivity index is 1.89. The van der Waals surface area contributed by atoms with E-state index < -0.39 is 0 Å². The monoisotopic (exact) mass is 318 g/mol. The molecule has 0 bridgehead atoms. The summed E-state index contributed by atoms with van der Waals surface area (Å²) in [5.41, 5.74) is 6.20. The van der Waals surface area contributed by atoms with Crippen LogP contribution < -0.4 is 4.90 Å². The fraction of sp³-hybridized carbons (Fsp3) is 0.200. The second-order valence-corrected chi connectivity index (χ2v) is 6.01. The van der Waals surface area contributed by atoms with E-state index in [2.05, 4.69) is 46.2 Å². The van der Waals surface area contributed by atoms with Crippen molar-refractivity contribution >= 4 is 17.6 Å². The van der Waals surface area contributed by atoms with Gasteiger partial charge in [0, 0.05) is 26.0 Å². The van der Waals surface area contributed by atoms with Gasteiger partial charge < -0.3 is 4.90 Å². The molecule has 0 unspecified atom stereocenters. The lowest BCUT2D eigenvalue weighted by molar-refractivity contribution is 0.834. The highest BCUT2D eigenvalue weighted by Gasteiger charge is 2.11. The number of benzene rings is 2. The van der Waals surface area contributed by atoms with Crippen molar-refractivity contribution in [1.82, 2.24) is 9.78 Å². The molecule has 0 radical (unpaired) electrons. The maximum absolute atomic E-state index is 4.67. The van der Waals surface area contributed by atoms with E-state index in [1.54, 1.807) is 0 Å². The van der Waals surface area contributed by atoms with E-state index in [0.717, 1.165) is 28.3 Å². The third kappa shape index (κ3) is 3.23. The first kappa shape index (κ1) is 16.0. The summed E-state index contributed by atoms with van der Waals surface area (Å²) in [5, 5.41) is 4.63. The molecule has 1 heterocycles. The molecule has 4 heteroatoms. The quantitative estimate of drug-likeness (QED) is 0.672. The number of rotatable bonds is 4. The van der Waals surface area contributed by atoms with Gasteiger partial charge in [-0.2, -0.15) is 5.10 Å². The zero-order valence-electron chi connectivity index (χ0n) is 14.6. The van der Waals surface area contributed by atoms with E-state index in [1.807, 2.05) is 62.2 Å². The van der Waals surface area contributed by atoms with Gasteiger partial charge >= 0.3 is 0 Å². The van der Waals surface area contributed by atoms with Crippen LogP contribution in [0.4, 0.5) is 11.4 Å². The second-order valence-electron chi connectivity index (χ2n) is 6.01. The molecule has 0 N–H and O–H groups in total. The van der Waals surface area contributed by atoms with Crippen molar-refractivity contribution in [3.63, 3.8) is 0 Å². The molecule has 0 aliphatic rings. The zero-order chi connectivity index (χ0) is 17.1. The van der Waals surface area contributed by atoms with E-state index in [9.17, 15) is 0 Å². The zero-order valence-corrected chi connectivity index (χ0v) is 14.6. The average molecular weight is 318 g/mol. The number of aliphatic imine (C=N–C) groups is 1. The fourth-order valence-corrected chi connectivity index (χ4v) is 2.64. The summed E-state index contributed by atoms with van der Waals surface area (Å²) in [7, 11) is 4.07. The van der Waals surface area contributed by atoms with E-state index in [0.29, 0.717) is 0 Å². The minimum absolute atomic E-state index is 0.926. The van der Waals surface area contributed by atoms with Gasteiger partial charge in [-0.15, -0.1) is 0 Å². The summed E-state index contributed by atoms with van der Waals surface area (Å²) >= 11 is 0. The molecule has 0 aliphatic heterocycles. The topological polar surface area (TPSA) is 33.4 Å². The Morgan fingerprint density at radius 1 is 0.958 bits per heavy atom. The smallest absolute Gasteiger partial charge is 0.107 e. The van der Waals surface area contributed by atoms with Crippen molar-refractivity contribution in [2.45, 2.75) is 13.8 Å². The molecule has 0 spiro atoms. The van der Waals surface area contributed by atoms with Crippen LogP contribution in [0.5, 0.6) is 0 Å². The van der Waals surface area contributed by atoms with Gasteiger partial charge in [-0.25, -0.2) is 4.68 Å². The van der Waals surface area contributed by atoms with Gasteiger partial charge in [-0.05, 0) is 43.7 Å². The molecule has 3 aromatic rings. The summed E-state index contributed by atoms with van der Waals surface area (Å²) in [6.07, 6.45) is 1.89. The number of hydrogen-bond acceptors (Lipinski definition) is 3. The first-order valence-corrected chi connectivity index (χ1v) is 7.99. The van der Waals surface area contributed by atoms with Crippen molar-refractivity contribution < 1.29 is 0 Å². The molecule has 2 aromatic carbocycles. The number of aryl methyl sites for hydroxylation is 1. The van der Waals surface area contributed by atoms with Crippen molar-refractivity contribution in [3.8, 4) is 5.69 Å². The van der Waals surface area contributed by atoms with Crippen LogP contribution in [-0.4, -0.2) is 30.1 Å². The van der Waals surface area contributed by atoms with Crippen molar-refractivity contribution in [3.05, 3.63) is 71.5 Å². The SMILES string of the molecule is Cc1nn(-c2ccccc2)c(C)c1N=Cc1ccc(N(C)C)cc1. The molecule has 0 saturated carbocycles. The summed E-state index contributed by atoms with van der Waals surface area (Å²) in [6.45, 7) is 4.04. The molecule has 0 aliphatic carbocycles. The summed E-state index contributed by atoms with van der Waals surface area (Å²) in [6, 6.07) is 18.5. The lowest BCUT2D eigenvalue weighted by atomic mass is 10.2. The van der Waals surface area contributed by atoms with E-state index in [-0.39, 0.29) is 0 Å². The van der Waals surface area contributed by atoms with Gasteiger partial charge in [-0.1, -0.05) is 30.3 Å². The number of anilines is 1. The Morgan fingerprint density at radius 2 is 1.62 bits per heavy atom. The lowest BCUT2D eigenvalue weighted by Gasteiger charge is -2.11. The highest BCUT2D eigenvalue weighted by molar-refractivity contribution is 5.83. The summed E-state index contributed by atoms with van der Waals surface area (Å²) in [4.78, 5) is 6.76. The molecule has 0 fully saturated rings. The fourth-order valence-electron chi connectivity index (χ4n) is 2.64. The highest BCUT2D eigenvalue weighted by Crippen LogP contribution is 2.25. The third-order valence-electron chi connectivity index (χ3n) is 4.01. The van der Waals surface area contributed by atoms with Crippen LogP contribution in [0, 0.1) is 13.8 Å². The molecule has 4 nitrogen and oxygen atoms in total. The van der Waals surface area contributed by atoms with Crippen LogP contribution in [0.3, 0.4) is 0 Å². The molecule has 0 atom stereocenters. The Labute approximate surface area is 143 Å². The average Bonchev–Trinajstić information content (AvgIpc) is 2.88. The lowest BCUT2D eigenvalue weighted by Crippen LogP contribution is -2.08. The van der Waals surface area contributed by atoms with Gasteiger partial charge in [0.1, 0.15) is 5.69 Å². The number of para-hydroxylation sites is 1.